The largest absolute Gasteiger partial charge is 0.467 e. The third-order valence-corrected chi connectivity index (χ3v) is 4.92. The number of rotatable bonds is 9. The van der Waals surface area contributed by atoms with Gasteiger partial charge in [0, 0.05) is 12.2 Å². The lowest BCUT2D eigenvalue weighted by atomic mass is 9.86. The average molecular weight is 393 g/mol. The van der Waals surface area contributed by atoms with Crippen LogP contribution in [-0.2, 0) is 28.9 Å². The number of pyridine rings is 1. The molecule has 28 heavy (non-hydrogen) atoms. The van der Waals surface area contributed by atoms with Crippen LogP contribution in [0.5, 0.6) is 0 Å². The molecule has 1 aromatic rings. The van der Waals surface area contributed by atoms with Crippen LogP contribution in [0.1, 0.15) is 82.4 Å². The van der Waals surface area contributed by atoms with Gasteiger partial charge in [0.2, 0.25) is 0 Å². The number of amides is 1. The molecule has 0 bridgehead atoms. The van der Waals surface area contributed by atoms with Crippen LogP contribution in [0.15, 0.2) is 10.9 Å². The average Bonchev–Trinajstić information content (AvgIpc) is 2.64. The molecule has 1 aromatic heterocycles. The molecular formula is C22H36N2O4. The quantitative estimate of drug-likeness (QED) is 0.653. The van der Waals surface area contributed by atoms with Crippen molar-refractivity contribution in [1.82, 2.24) is 9.88 Å². The molecule has 1 N–H and O–H groups in total. The second kappa shape index (κ2) is 10.4. The summed E-state index contributed by atoms with van der Waals surface area (Å²) in [7, 11) is 1.29. The van der Waals surface area contributed by atoms with E-state index in [9.17, 15) is 14.4 Å². The number of aryl methyl sites for hydroxylation is 1. The Morgan fingerprint density at radius 1 is 1.18 bits per heavy atom. The van der Waals surface area contributed by atoms with Crippen molar-refractivity contribution < 1.29 is 14.3 Å². The number of hydrogen-bond donors (Lipinski definition) is 1. The van der Waals surface area contributed by atoms with Crippen LogP contribution in [0.4, 0.5) is 0 Å². The zero-order valence-corrected chi connectivity index (χ0v) is 18.5. The SMILES string of the molecule is CCCCn1c(CCC)c(CC)cc(C(=O)N[C@H](C(=O)OC)C(C)(C)C)c1=O. The van der Waals surface area contributed by atoms with Crippen molar-refractivity contribution in [1.29, 1.82) is 0 Å². The fourth-order valence-corrected chi connectivity index (χ4v) is 3.27. The molecule has 1 heterocycles. The van der Waals surface area contributed by atoms with Crippen molar-refractivity contribution in [3.63, 3.8) is 0 Å². The number of ether oxygens (including phenoxy) is 1. The Morgan fingerprint density at radius 2 is 1.82 bits per heavy atom. The Balaban J connectivity index is 3.44. The van der Waals surface area contributed by atoms with Crippen molar-refractivity contribution in [2.24, 2.45) is 5.41 Å². The van der Waals surface area contributed by atoms with Crippen molar-refractivity contribution >= 4 is 11.9 Å². The van der Waals surface area contributed by atoms with Gasteiger partial charge in [0.15, 0.2) is 0 Å². The number of nitrogens with one attached hydrogen (secondary N) is 1. The molecule has 6 nitrogen and oxygen atoms in total. The first-order valence-electron chi connectivity index (χ1n) is 10.3. The summed E-state index contributed by atoms with van der Waals surface area (Å²) in [6.45, 7) is 12.3. The maximum Gasteiger partial charge on any atom is 0.328 e. The first-order valence-corrected chi connectivity index (χ1v) is 10.3. The minimum Gasteiger partial charge on any atom is -0.467 e. The molecule has 158 valence electrons. The van der Waals surface area contributed by atoms with E-state index in [0.29, 0.717) is 6.54 Å². The summed E-state index contributed by atoms with van der Waals surface area (Å²) in [5, 5.41) is 2.72. The highest BCUT2D eigenvalue weighted by molar-refractivity contribution is 5.96. The molecule has 0 radical (unpaired) electrons. The number of methoxy groups -OCH3 is 1. The van der Waals surface area contributed by atoms with Gasteiger partial charge >= 0.3 is 5.97 Å². The number of carbonyl (C=O) groups is 2. The van der Waals surface area contributed by atoms with Crippen LogP contribution >= 0.6 is 0 Å². The third kappa shape index (κ3) is 5.69. The standard InChI is InChI=1S/C22H36N2O4/c1-8-11-13-24-17(12-9-2)15(10-3)14-16(20(24)26)19(25)23-18(21(27)28-7)22(4,5)6/h14,18H,8-13H2,1-7H3,(H,23,25)/t18-/m1/s1. The maximum atomic E-state index is 13.1. The number of esters is 1. The van der Waals surface area contributed by atoms with Crippen LogP contribution in [0.3, 0.4) is 0 Å². The van der Waals surface area contributed by atoms with Gasteiger partial charge in [0.1, 0.15) is 11.6 Å². The molecule has 0 saturated carbocycles. The van der Waals surface area contributed by atoms with E-state index in [4.69, 9.17) is 4.74 Å². The molecule has 0 aliphatic rings. The smallest absolute Gasteiger partial charge is 0.328 e. The molecule has 0 aliphatic carbocycles. The normalized spacial score (nSPS) is 12.5. The molecular weight excluding hydrogens is 356 g/mol. The highest BCUT2D eigenvalue weighted by Crippen LogP contribution is 2.21. The lowest BCUT2D eigenvalue weighted by molar-refractivity contribution is -0.145. The van der Waals surface area contributed by atoms with Crippen LogP contribution in [-0.4, -0.2) is 29.6 Å². The van der Waals surface area contributed by atoms with E-state index < -0.39 is 23.3 Å². The Bertz CT molecular complexity index is 744. The molecule has 0 spiro atoms. The summed E-state index contributed by atoms with van der Waals surface area (Å²) in [4.78, 5) is 38.3. The van der Waals surface area contributed by atoms with Gasteiger partial charge in [-0.15, -0.1) is 0 Å². The summed E-state index contributed by atoms with van der Waals surface area (Å²) in [5.41, 5.74) is 1.28. The lowest BCUT2D eigenvalue weighted by Crippen LogP contribution is -2.50. The summed E-state index contributed by atoms with van der Waals surface area (Å²) < 4.78 is 6.60. The van der Waals surface area contributed by atoms with Crippen molar-refractivity contribution in [2.45, 2.75) is 86.2 Å². The van der Waals surface area contributed by atoms with E-state index in [1.165, 1.54) is 7.11 Å². The summed E-state index contributed by atoms with van der Waals surface area (Å²) in [5.74, 6) is -1.05. The predicted octanol–water partition coefficient (Wildman–Crippen LogP) is 3.48. The number of carbonyl (C=O) groups excluding carboxylic acids is 2. The lowest BCUT2D eigenvalue weighted by Gasteiger charge is -2.29. The molecule has 0 unspecified atom stereocenters. The molecule has 6 heteroatoms. The Morgan fingerprint density at radius 3 is 2.29 bits per heavy atom. The fourth-order valence-electron chi connectivity index (χ4n) is 3.27. The zero-order chi connectivity index (χ0) is 21.5. The maximum absolute atomic E-state index is 13.1. The van der Waals surface area contributed by atoms with E-state index in [2.05, 4.69) is 19.2 Å². The summed E-state index contributed by atoms with van der Waals surface area (Å²) in [6.07, 6.45) is 4.30. The first kappa shape index (κ1) is 23.9. The molecule has 0 saturated heterocycles. The molecule has 1 rings (SSSR count). The van der Waals surface area contributed by atoms with E-state index in [1.54, 1.807) is 10.6 Å². The number of unbranched alkanes of at least 4 members (excludes halogenated alkanes) is 1. The van der Waals surface area contributed by atoms with Gasteiger partial charge in [-0.2, -0.15) is 0 Å². The number of aromatic nitrogens is 1. The van der Waals surface area contributed by atoms with Crippen molar-refractivity contribution in [3.8, 4) is 0 Å². The number of hydrogen-bond acceptors (Lipinski definition) is 4. The zero-order valence-electron chi connectivity index (χ0n) is 18.5. The second-order valence-electron chi connectivity index (χ2n) is 8.24. The van der Waals surface area contributed by atoms with Crippen molar-refractivity contribution in [3.05, 3.63) is 33.2 Å². The van der Waals surface area contributed by atoms with Crippen LogP contribution in [0.25, 0.3) is 0 Å². The van der Waals surface area contributed by atoms with Crippen LogP contribution in [0, 0.1) is 5.41 Å². The molecule has 0 aliphatic heterocycles. The van der Waals surface area contributed by atoms with Gasteiger partial charge in [-0.3, -0.25) is 9.59 Å². The molecule has 0 aromatic carbocycles. The van der Waals surface area contributed by atoms with Gasteiger partial charge in [0.05, 0.1) is 7.11 Å². The first-order chi connectivity index (χ1) is 13.1. The summed E-state index contributed by atoms with van der Waals surface area (Å²) >= 11 is 0. The number of nitrogens with zero attached hydrogens (tertiary/aromatic N) is 1. The van der Waals surface area contributed by atoms with E-state index in [0.717, 1.165) is 43.4 Å². The van der Waals surface area contributed by atoms with E-state index >= 15 is 0 Å². The highest BCUT2D eigenvalue weighted by atomic mass is 16.5. The van der Waals surface area contributed by atoms with Gasteiger partial charge in [0.25, 0.3) is 11.5 Å². The van der Waals surface area contributed by atoms with Gasteiger partial charge in [-0.1, -0.05) is 54.4 Å². The van der Waals surface area contributed by atoms with E-state index in [1.807, 2.05) is 27.7 Å². The third-order valence-electron chi connectivity index (χ3n) is 4.92. The second-order valence-corrected chi connectivity index (χ2v) is 8.24. The molecule has 0 fully saturated rings. The molecule has 1 amide bonds. The van der Waals surface area contributed by atoms with E-state index in [-0.39, 0.29) is 11.1 Å². The fraction of sp³-hybridized carbons (Fsp3) is 0.682. The minimum absolute atomic E-state index is 0.0889. The van der Waals surface area contributed by atoms with Crippen LogP contribution < -0.4 is 10.9 Å². The van der Waals surface area contributed by atoms with Gasteiger partial charge in [-0.05, 0) is 36.3 Å². The monoisotopic (exact) mass is 392 g/mol. The topological polar surface area (TPSA) is 77.4 Å². The van der Waals surface area contributed by atoms with Crippen molar-refractivity contribution in [2.75, 3.05) is 7.11 Å². The van der Waals surface area contributed by atoms with Gasteiger partial charge < -0.3 is 14.6 Å². The Labute approximate surface area is 168 Å². The highest BCUT2D eigenvalue weighted by Gasteiger charge is 2.34. The van der Waals surface area contributed by atoms with Gasteiger partial charge in [-0.25, -0.2) is 4.79 Å². The Hall–Kier alpha value is -2.11. The molecule has 1 atom stereocenters. The summed E-state index contributed by atoms with van der Waals surface area (Å²) in [6, 6.07) is 0.858. The van der Waals surface area contributed by atoms with Crippen LogP contribution in [0.2, 0.25) is 0 Å². The minimum atomic E-state index is -0.839. The Kier molecular flexibility index (Phi) is 8.92. The predicted molar refractivity (Wildman–Crippen MR) is 112 cm³/mol.